The monoisotopic (exact) mass is 330 g/mol. The molecule has 1 aliphatic rings. The molecule has 0 aromatic carbocycles. The van der Waals surface area contributed by atoms with E-state index < -0.39 is 0 Å². The maximum absolute atomic E-state index is 4.84. The molecule has 0 saturated heterocycles. The van der Waals surface area contributed by atoms with Gasteiger partial charge in [-0.05, 0) is 51.0 Å². The van der Waals surface area contributed by atoms with Gasteiger partial charge in [0.05, 0.1) is 12.1 Å². The number of hydrogen-bond donors (Lipinski definition) is 0. The largest absolute Gasteiger partial charge is 0.286 e. The lowest BCUT2D eigenvalue weighted by Gasteiger charge is -2.25. The molecule has 0 radical (unpaired) electrons. The second-order valence-electron chi connectivity index (χ2n) is 5.87. The highest BCUT2D eigenvalue weighted by Crippen LogP contribution is 2.25. The Morgan fingerprint density at radius 3 is 1.64 bits per heavy atom. The molecule has 0 spiro atoms. The Bertz CT molecular complexity index is 608. The molecule has 2 aromatic rings. The molecule has 1 fully saturated rings. The number of hydrogen-bond acceptors (Lipinski definition) is 4. The summed E-state index contributed by atoms with van der Waals surface area (Å²) in [4.78, 5) is 14.9. The molecule has 0 amide bonds. The number of thiophene rings is 2. The van der Waals surface area contributed by atoms with Crippen molar-refractivity contribution in [2.45, 2.75) is 51.6 Å². The first-order chi connectivity index (χ1) is 10.7. The van der Waals surface area contributed by atoms with Gasteiger partial charge in [-0.25, -0.2) is 0 Å². The Kier molecular flexibility index (Phi) is 5.21. The quantitative estimate of drug-likeness (QED) is 0.682. The van der Waals surface area contributed by atoms with Crippen LogP contribution in [0, 0.1) is 13.8 Å². The predicted molar refractivity (Wildman–Crippen MR) is 99.3 cm³/mol. The fourth-order valence-electron chi connectivity index (χ4n) is 2.82. The topological polar surface area (TPSA) is 24.7 Å². The molecule has 0 bridgehead atoms. The summed E-state index contributed by atoms with van der Waals surface area (Å²) >= 11 is 3.61. The van der Waals surface area contributed by atoms with Crippen molar-refractivity contribution in [1.82, 2.24) is 0 Å². The second-order valence-corrected chi connectivity index (χ2v) is 8.51. The van der Waals surface area contributed by atoms with Gasteiger partial charge >= 0.3 is 0 Å². The van der Waals surface area contributed by atoms with Gasteiger partial charge in [0.1, 0.15) is 0 Å². The maximum Gasteiger partial charge on any atom is 0.0723 e. The third-order valence-electron chi connectivity index (χ3n) is 4.00. The van der Waals surface area contributed by atoms with Crippen LogP contribution >= 0.6 is 22.7 Å². The average Bonchev–Trinajstić information content (AvgIpc) is 3.12. The van der Waals surface area contributed by atoms with Gasteiger partial charge in [-0.3, -0.25) is 9.98 Å². The number of nitrogens with zero attached hydrogens (tertiary/aromatic N) is 2. The fraction of sp³-hybridized carbons (Fsp3) is 0.444. The third kappa shape index (κ3) is 4.14. The number of aliphatic imine (C=N–C) groups is 2. The van der Waals surface area contributed by atoms with E-state index in [0.717, 1.165) is 12.8 Å². The van der Waals surface area contributed by atoms with Gasteiger partial charge in [-0.1, -0.05) is 12.8 Å². The summed E-state index contributed by atoms with van der Waals surface area (Å²) in [7, 11) is 0. The van der Waals surface area contributed by atoms with Crippen LogP contribution in [0.2, 0.25) is 0 Å². The van der Waals surface area contributed by atoms with Crippen molar-refractivity contribution in [3.05, 3.63) is 43.8 Å². The molecule has 2 heterocycles. The molecule has 3 rings (SSSR count). The molecule has 0 unspecified atom stereocenters. The van der Waals surface area contributed by atoms with Crippen LogP contribution in [0.4, 0.5) is 0 Å². The molecule has 2 aromatic heterocycles. The molecule has 1 aliphatic carbocycles. The van der Waals surface area contributed by atoms with E-state index in [2.05, 4.69) is 38.1 Å². The van der Waals surface area contributed by atoms with Gasteiger partial charge < -0.3 is 0 Å². The average molecular weight is 331 g/mol. The first-order valence-electron chi connectivity index (χ1n) is 7.90. The summed E-state index contributed by atoms with van der Waals surface area (Å²) in [5.74, 6) is 0. The summed E-state index contributed by atoms with van der Waals surface area (Å²) < 4.78 is 0. The van der Waals surface area contributed by atoms with Gasteiger partial charge in [0.15, 0.2) is 0 Å². The van der Waals surface area contributed by atoms with Gasteiger partial charge in [-0.15, -0.1) is 22.7 Å². The standard InChI is InChI=1S/C18H22N2S2/c1-13-7-9-15(21-13)11-19-17-5-3-4-6-18(17)20-12-16-10-8-14(2)22-16/h7-12,17-18H,3-6H2,1-2H3/t17-,18+. The van der Waals surface area contributed by atoms with E-state index in [1.807, 2.05) is 12.4 Å². The van der Waals surface area contributed by atoms with Crippen molar-refractivity contribution in [2.24, 2.45) is 9.98 Å². The number of aryl methyl sites for hydroxylation is 2. The summed E-state index contributed by atoms with van der Waals surface area (Å²) in [6.45, 7) is 4.28. The van der Waals surface area contributed by atoms with E-state index >= 15 is 0 Å². The lowest BCUT2D eigenvalue weighted by molar-refractivity contribution is 0.390. The molecule has 4 heteroatoms. The van der Waals surface area contributed by atoms with E-state index in [-0.39, 0.29) is 0 Å². The van der Waals surface area contributed by atoms with E-state index in [4.69, 9.17) is 9.98 Å². The Balaban J connectivity index is 1.68. The van der Waals surface area contributed by atoms with Crippen molar-refractivity contribution in [1.29, 1.82) is 0 Å². The van der Waals surface area contributed by atoms with Crippen molar-refractivity contribution in [2.75, 3.05) is 0 Å². The summed E-state index contributed by atoms with van der Waals surface area (Å²) in [6, 6.07) is 9.29. The second kappa shape index (κ2) is 7.34. The maximum atomic E-state index is 4.84. The molecule has 22 heavy (non-hydrogen) atoms. The van der Waals surface area contributed by atoms with E-state index in [0.29, 0.717) is 12.1 Å². The van der Waals surface area contributed by atoms with Crippen LogP contribution in [0.15, 0.2) is 34.3 Å². The summed E-state index contributed by atoms with van der Waals surface area (Å²) in [6.07, 6.45) is 8.96. The minimum absolute atomic E-state index is 0.341. The van der Waals surface area contributed by atoms with Crippen LogP contribution in [-0.4, -0.2) is 24.5 Å². The van der Waals surface area contributed by atoms with Crippen LogP contribution in [0.5, 0.6) is 0 Å². The first-order valence-corrected chi connectivity index (χ1v) is 9.53. The zero-order chi connectivity index (χ0) is 15.4. The minimum Gasteiger partial charge on any atom is -0.286 e. The van der Waals surface area contributed by atoms with Crippen LogP contribution in [-0.2, 0) is 0 Å². The van der Waals surface area contributed by atoms with Crippen LogP contribution in [0.3, 0.4) is 0 Å². The zero-order valence-electron chi connectivity index (χ0n) is 13.2. The minimum atomic E-state index is 0.341. The summed E-state index contributed by atoms with van der Waals surface area (Å²) in [5, 5.41) is 0. The van der Waals surface area contributed by atoms with Crippen molar-refractivity contribution < 1.29 is 0 Å². The Hall–Kier alpha value is -1.26. The SMILES string of the molecule is Cc1ccc(C=N[C@H]2CCCC[C@H]2N=Cc2ccc(C)s2)s1. The smallest absolute Gasteiger partial charge is 0.0723 e. The highest BCUT2D eigenvalue weighted by molar-refractivity contribution is 7.13. The Labute approximate surface area is 140 Å². The molecular formula is C18H22N2S2. The van der Waals surface area contributed by atoms with Crippen molar-refractivity contribution in [3.63, 3.8) is 0 Å². The van der Waals surface area contributed by atoms with E-state index in [1.165, 1.54) is 32.4 Å². The Morgan fingerprint density at radius 2 is 1.27 bits per heavy atom. The summed E-state index contributed by atoms with van der Waals surface area (Å²) in [5.41, 5.74) is 0. The molecule has 0 aliphatic heterocycles. The Morgan fingerprint density at radius 1 is 0.818 bits per heavy atom. The first kappa shape index (κ1) is 15.6. The van der Waals surface area contributed by atoms with Crippen LogP contribution in [0.1, 0.15) is 45.2 Å². The van der Waals surface area contributed by atoms with Gasteiger partial charge in [0.2, 0.25) is 0 Å². The highest BCUT2D eigenvalue weighted by atomic mass is 32.1. The van der Waals surface area contributed by atoms with Gasteiger partial charge in [-0.2, -0.15) is 0 Å². The fourth-order valence-corrected chi connectivity index (χ4v) is 4.34. The zero-order valence-corrected chi connectivity index (χ0v) is 14.8. The van der Waals surface area contributed by atoms with Gasteiger partial charge in [0, 0.05) is 31.9 Å². The van der Waals surface area contributed by atoms with Gasteiger partial charge in [0.25, 0.3) is 0 Å². The molecule has 1 saturated carbocycles. The third-order valence-corrected chi connectivity index (χ3v) is 5.87. The molecule has 2 atom stereocenters. The lowest BCUT2D eigenvalue weighted by Crippen LogP contribution is -2.27. The predicted octanol–water partition coefficient (Wildman–Crippen LogP) is 5.28. The van der Waals surface area contributed by atoms with E-state index in [9.17, 15) is 0 Å². The molecular weight excluding hydrogens is 308 g/mol. The normalized spacial score (nSPS) is 22.8. The molecule has 0 N–H and O–H groups in total. The lowest BCUT2D eigenvalue weighted by atomic mass is 9.91. The van der Waals surface area contributed by atoms with E-state index in [1.54, 1.807) is 22.7 Å². The molecule has 116 valence electrons. The molecule has 2 nitrogen and oxygen atoms in total. The van der Waals surface area contributed by atoms with Crippen molar-refractivity contribution in [3.8, 4) is 0 Å². The number of rotatable bonds is 4. The van der Waals surface area contributed by atoms with Crippen LogP contribution in [0.25, 0.3) is 0 Å². The highest BCUT2D eigenvalue weighted by Gasteiger charge is 2.23. The van der Waals surface area contributed by atoms with Crippen LogP contribution < -0.4 is 0 Å². The van der Waals surface area contributed by atoms with Crippen molar-refractivity contribution >= 4 is 35.1 Å².